The molecule has 0 bridgehead atoms. The normalized spacial score (nSPS) is 18.0. The number of sulfonamides is 1. The second-order valence-corrected chi connectivity index (χ2v) is 7.01. The van der Waals surface area contributed by atoms with Gasteiger partial charge in [-0.05, 0) is 24.7 Å². The van der Waals surface area contributed by atoms with Gasteiger partial charge in [0.1, 0.15) is 0 Å². The zero-order valence-corrected chi connectivity index (χ0v) is 13.6. The fourth-order valence-corrected chi connectivity index (χ4v) is 3.69. The van der Waals surface area contributed by atoms with Crippen LogP contribution >= 0.6 is 0 Å². The summed E-state index contributed by atoms with van der Waals surface area (Å²) in [6, 6.07) is 3.43. The lowest BCUT2D eigenvalue weighted by Gasteiger charge is -2.32. The number of likely N-dealkylation sites (N-methyl/N-ethyl adjacent to an activating group) is 1. The molecule has 21 heavy (non-hydrogen) atoms. The number of pyridine rings is 1. The van der Waals surface area contributed by atoms with Crippen molar-refractivity contribution in [1.29, 1.82) is 0 Å². The first-order valence-corrected chi connectivity index (χ1v) is 8.90. The van der Waals surface area contributed by atoms with E-state index < -0.39 is 10.0 Å². The fourth-order valence-electron chi connectivity index (χ4n) is 2.36. The van der Waals surface area contributed by atoms with Gasteiger partial charge in [0, 0.05) is 38.9 Å². The first kappa shape index (κ1) is 16.4. The molecule has 1 fully saturated rings. The van der Waals surface area contributed by atoms with E-state index in [2.05, 4.69) is 22.1 Å². The minimum absolute atomic E-state index is 0.146. The summed E-state index contributed by atoms with van der Waals surface area (Å²) in [5.41, 5.74) is 0.992. The minimum Gasteiger partial charge on any atom is -0.313 e. The van der Waals surface area contributed by atoms with E-state index >= 15 is 0 Å². The van der Waals surface area contributed by atoms with E-state index in [1.54, 1.807) is 12.3 Å². The molecule has 1 aromatic rings. The van der Waals surface area contributed by atoms with E-state index in [1.165, 1.54) is 4.31 Å². The summed E-state index contributed by atoms with van der Waals surface area (Å²) in [5.74, 6) is 0. The third-order valence-corrected chi connectivity index (χ3v) is 5.57. The van der Waals surface area contributed by atoms with E-state index in [4.69, 9.17) is 0 Å². The Morgan fingerprint density at radius 3 is 2.43 bits per heavy atom. The van der Waals surface area contributed by atoms with Crippen LogP contribution in [0.25, 0.3) is 0 Å². The molecule has 2 rings (SSSR count). The molecular formula is C14H24N4O2S. The number of piperazine rings is 1. The number of rotatable bonds is 6. The van der Waals surface area contributed by atoms with Gasteiger partial charge >= 0.3 is 0 Å². The van der Waals surface area contributed by atoms with Gasteiger partial charge in [-0.1, -0.05) is 19.9 Å². The Morgan fingerprint density at radius 1 is 1.19 bits per heavy atom. The number of hydrogen-bond acceptors (Lipinski definition) is 5. The average Bonchev–Trinajstić information content (AvgIpc) is 2.53. The molecule has 118 valence electrons. The minimum atomic E-state index is -3.46. The van der Waals surface area contributed by atoms with E-state index in [9.17, 15) is 8.42 Å². The summed E-state index contributed by atoms with van der Waals surface area (Å²) in [7, 11) is -3.46. The van der Waals surface area contributed by atoms with Crippen LogP contribution in [-0.2, 0) is 16.6 Å². The maximum atomic E-state index is 12.5. The Labute approximate surface area is 127 Å². The van der Waals surface area contributed by atoms with Crippen LogP contribution in [0.1, 0.15) is 19.4 Å². The van der Waals surface area contributed by atoms with Gasteiger partial charge < -0.3 is 10.2 Å². The van der Waals surface area contributed by atoms with E-state index in [-0.39, 0.29) is 5.03 Å². The van der Waals surface area contributed by atoms with Gasteiger partial charge in [0.25, 0.3) is 10.0 Å². The van der Waals surface area contributed by atoms with E-state index in [1.807, 2.05) is 13.0 Å². The molecular weight excluding hydrogens is 288 g/mol. The molecule has 0 unspecified atom stereocenters. The molecule has 0 spiro atoms. The van der Waals surface area contributed by atoms with Crippen LogP contribution in [0.15, 0.2) is 23.4 Å². The van der Waals surface area contributed by atoms with Gasteiger partial charge in [-0.25, -0.2) is 13.4 Å². The number of hydrogen-bond donors (Lipinski definition) is 1. The largest absolute Gasteiger partial charge is 0.313 e. The molecule has 7 heteroatoms. The van der Waals surface area contributed by atoms with Crippen molar-refractivity contribution in [2.24, 2.45) is 0 Å². The lowest BCUT2D eigenvalue weighted by atomic mass is 10.3. The molecule has 1 N–H and O–H groups in total. The molecule has 0 aliphatic carbocycles. The quantitative estimate of drug-likeness (QED) is 0.829. The molecule has 1 aliphatic rings. The van der Waals surface area contributed by atoms with Crippen molar-refractivity contribution in [3.05, 3.63) is 23.9 Å². The molecule has 0 radical (unpaired) electrons. The summed E-state index contributed by atoms with van der Waals surface area (Å²) in [4.78, 5) is 6.38. The van der Waals surface area contributed by atoms with Crippen LogP contribution in [0.3, 0.4) is 0 Å². The van der Waals surface area contributed by atoms with Crippen molar-refractivity contribution < 1.29 is 8.42 Å². The lowest BCUT2D eigenvalue weighted by molar-refractivity contribution is 0.196. The van der Waals surface area contributed by atoms with Gasteiger partial charge in [0.15, 0.2) is 5.03 Å². The second kappa shape index (κ2) is 7.31. The second-order valence-electron chi connectivity index (χ2n) is 5.12. The molecule has 0 atom stereocenters. The molecule has 0 saturated carbocycles. The van der Waals surface area contributed by atoms with Crippen LogP contribution in [-0.4, -0.2) is 61.9 Å². The zero-order chi connectivity index (χ0) is 15.3. The van der Waals surface area contributed by atoms with E-state index in [0.717, 1.165) is 31.7 Å². The molecule has 1 aromatic heterocycles. The third kappa shape index (κ3) is 4.00. The number of nitrogens with zero attached hydrogens (tertiary/aromatic N) is 3. The average molecular weight is 312 g/mol. The van der Waals surface area contributed by atoms with Gasteiger partial charge in [0.2, 0.25) is 0 Å². The number of aromatic nitrogens is 1. The summed E-state index contributed by atoms with van der Waals surface area (Å²) in [5, 5.41) is 3.34. The maximum absolute atomic E-state index is 12.5. The first-order valence-electron chi connectivity index (χ1n) is 7.46. The Morgan fingerprint density at radius 2 is 1.90 bits per heavy atom. The highest BCUT2D eigenvalue weighted by molar-refractivity contribution is 7.89. The summed E-state index contributed by atoms with van der Waals surface area (Å²) in [6.07, 6.45) is 1.64. The van der Waals surface area contributed by atoms with Crippen LogP contribution in [0.4, 0.5) is 0 Å². The van der Waals surface area contributed by atoms with Crippen molar-refractivity contribution in [3.63, 3.8) is 0 Å². The number of nitrogens with one attached hydrogen (secondary N) is 1. The Kier molecular flexibility index (Phi) is 5.69. The van der Waals surface area contributed by atoms with Crippen LogP contribution in [0, 0.1) is 0 Å². The standard InChI is InChI=1S/C14H24N4O2S/c1-3-15-11-13-5-6-14(16-12-13)21(19,20)18-9-7-17(4-2)8-10-18/h5-6,12,15H,3-4,7-11H2,1-2H3. The van der Waals surface area contributed by atoms with Crippen LogP contribution in [0.5, 0.6) is 0 Å². The lowest BCUT2D eigenvalue weighted by Crippen LogP contribution is -2.48. The van der Waals surface area contributed by atoms with Gasteiger partial charge in [-0.15, -0.1) is 0 Å². The van der Waals surface area contributed by atoms with Gasteiger partial charge in [-0.2, -0.15) is 4.31 Å². The molecule has 1 saturated heterocycles. The Bertz CT molecular complexity index is 537. The maximum Gasteiger partial charge on any atom is 0.260 e. The topological polar surface area (TPSA) is 65.5 Å². The molecule has 1 aliphatic heterocycles. The van der Waals surface area contributed by atoms with Crippen LogP contribution in [0.2, 0.25) is 0 Å². The van der Waals surface area contributed by atoms with Gasteiger partial charge in [0.05, 0.1) is 0 Å². The first-order chi connectivity index (χ1) is 10.1. The molecule has 2 heterocycles. The predicted molar refractivity (Wildman–Crippen MR) is 82.5 cm³/mol. The molecule has 0 aromatic carbocycles. The summed E-state index contributed by atoms with van der Waals surface area (Å²) < 4.78 is 26.6. The fraction of sp³-hybridized carbons (Fsp3) is 0.643. The zero-order valence-electron chi connectivity index (χ0n) is 12.7. The molecule has 0 amide bonds. The smallest absolute Gasteiger partial charge is 0.260 e. The van der Waals surface area contributed by atoms with Crippen molar-refractivity contribution in [1.82, 2.24) is 19.5 Å². The van der Waals surface area contributed by atoms with Crippen molar-refractivity contribution >= 4 is 10.0 Å². The highest BCUT2D eigenvalue weighted by Crippen LogP contribution is 2.16. The highest BCUT2D eigenvalue weighted by Gasteiger charge is 2.28. The summed E-state index contributed by atoms with van der Waals surface area (Å²) in [6.45, 7) is 9.32. The Balaban J connectivity index is 2.05. The van der Waals surface area contributed by atoms with Crippen molar-refractivity contribution in [2.45, 2.75) is 25.4 Å². The Hall–Kier alpha value is -1.02. The highest BCUT2D eigenvalue weighted by atomic mass is 32.2. The van der Waals surface area contributed by atoms with Crippen LogP contribution < -0.4 is 5.32 Å². The SMILES string of the molecule is CCNCc1ccc(S(=O)(=O)N2CCN(CC)CC2)nc1. The van der Waals surface area contributed by atoms with Crippen molar-refractivity contribution in [3.8, 4) is 0 Å². The summed E-state index contributed by atoms with van der Waals surface area (Å²) >= 11 is 0. The van der Waals surface area contributed by atoms with Gasteiger partial charge in [-0.3, -0.25) is 0 Å². The van der Waals surface area contributed by atoms with Crippen molar-refractivity contribution in [2.75, 3.05) is 39.3 Å². The van der Waals surface area contributed by atoms with E-state index in [0.29, 0.717) is 19.6 Å². The third-order valence-electron chi connectivity index (χ3n) is 3.76. The predicted octanol–water partition coefficient (Wildman–Crippen LogP) is 0.517. The monoisotopic (exact) mass is 312 g/mol. The molecule has 6 nitrogen and oxygen atoms in total.